The predicted octanol–water partition coefficient (Wildman–Crippen LogP) is 2.83. The lowest BCUT2D eigenvalue weighted by atomic mass is 10.00. The third-order valence-corrected chi connectivity index (χ3v) is 4.92. The second-order valence-electron chi connectivity index (χ2n) is 6.67. The second kappa shape index (κ2) is 6.33. The van der Waals surface area contributed by atoms with Gasteiger partial charge in [-0.3, -0.25) is 14.1 Å². The van der Waals surface area contributed by atoms with Gasteiger partial charge in [0.05, 0.1) is 17.8 Å². The SMILES string of the molecule is Cc1cccc2nc(CC(=O)O)c(CN3CCc4ccccc4C3)n12. The fraction of sp³-hybridized carbons (Fsp3) is 0.300. The van der Waals surface area contributed by atoms with Crippen LogP contribution in [0.3, 0.4) is 0 Å². The minimum atomic E-state index is -0.841. The zero-order valence-corrected chi connectivity index (χ0v) is 14.3. The number of benzene rings is 1. The normalized spacial score (nSPS) is 14.6. The van der Waals surface area contributed by atoms with Crippen LogP contribution in [-0.2, 0) is 30.7 Å². The number of pyridine rings is 1. The van der Waals surface area contributed by atoms with Crippen molar-refractivity contribution in [1.82, 2.24) is 14.3 Å². The summed E-state index contributed by atoms with van der Waals surface area (Å²) in [5, 5.41) is 9.26. The number of carboxylic acid groups (broad SMARTS) is 1. The summed E-state index contributed by atoms with van der Waals surface area (Å²) >= 11 is 0. The molecule has 0 aliphatic carbocycles. The van der Waals surface area contributed by atoms with Gasteiger partial charge >= 0.3 is 5.97 Å². The number of hydrogen-bond acceptors (Lipinski definition) is 3. The second-order valence-corrected chi connectivity index (χ2v) is 6.67. The molecule has 1 N–H and O–H groups in total. The molecule has 2 aromatic heterocycles. The molecule has 0 fully saturated rings. The van der Waals surface area contributed by atoms with Crippen molar-refractivity contribution in [3.8, 4) is 0 Å². The Kier molecular flexibility index (Phi) is 4.01. The van der Waals surface area contributed by atoms with Gasteiger partial charge < -0.3 is 5.11 Å². The number of imidazole rings is 1. The zero-order valence-electron chi connectivity index (χ0n) is 14.3. The molecule has 5 heteroatoms. The highest BCUT2D eigenvalue weighted by atomic mass is 16.4. The lowest BCUT2D eigenvalue weighted by Gasteiger charge is -2.29. The number of aliphatic carboxylic acids is 1. The Morgan fingerprint density at radius 3 is 2.76 bits per heavy atom. The smallest absolute Gasteiger partial charge is 0.309 e. The maximum Gasteiger partial charge on any atom is 0.309 e. The van der Waals surface area contributed by atoms with Gasteiger partial charge in [-0.1, -0.05) is 30.3 Å². The number of fused-ring (bicyclic) bond motifs is 2. The zero-order chi connectivity index (χ0) is 17.4. The van der Waals surface area contributed by atoms with E-state index in [2.05, 4.69) is 38.6 Å². The van der Waals surface area contributed by atoms with E-state index in [1.165, 1.54) is 11.1 Å². The molecule has 25 heavy (non-hydrogen) atoms. The summed E-state index contributed by atoms with van der Waals surface area (Å²) in [4.78, 5) is 18.2. The fourth-order valence-corrected chi connectivity index (χ4v) is 3.72. The predicted molar refractivity (Wildman–Crippen MR) is 95.5 cm³/mol. The lowest BCUT2D eigenvalue weighted by Crippen LogP contribution is -2.31. The van der Waals surface area contributed by atoms with Crippen LogP contribution >= 0.6 is 0 Å². The van der Waals surface area contributed by atoms with Crippen LogP contribution in [0, 0.1) is 6.92 Å². The van der Waals surface area contributed by atoms with E-state index in [1.807, 2.05) is 25.1 Å². The molecule has 0 amide bonds. The number of carboxylic acids is 1. The molecule has 0 bridgehead atoms. The molecule has 4 rings (SSSR count). The molecule has 128 valence electrons. The highest BCUT2D eigenvalue weighted by Gasteiger charge is 2.21. The van der Waals surface area contributed by atoms with Crippen LogP contribution in [0.5, 0.6) is 0 Å². The number of aromatic nitrogens is 2. The molecule has 1 aliphatic rings. The highest BCUT2D eigenvalue weighted by Crippen LogP contribution is 2.23. The van der Waals surface area contributed by atoms with Gasteiger partial charge in [0.2, 0.25) is 0 Å². The fourth-order valence-electron chi connectivity index (χ4n) is 3.72. The van der Waals surface area contributed by atoms with Crippen molar-refractivity contribution >= 4 is 11.6 Å². The van der Waals surface area contributed by atoms with Gasteiger partial charge in [0, 0.05) is 25.3 Å². The number of hydrogen-bond donors (Lipinski definition) is 1. The van der Waals surface area contributed by atoms with E-state index < -0.39 is 5.97 Å². The van der Waals surface area contributed by atoms with Crippen molar-refractivity contribution in [3.63, 3.8) is 0 Å². The molecule has 0 saturated heterocycles. The van der Waals surface area contributed by atoms with Gasteiger partial charge in [-0.15, -0.1) is 0 Å². The van der Waals surface area contributed by atoms with E-state index >= 15 is 0 Å². The Morgan fingerprint density at radius 2 is 1.96 bits per heavy atom. The van der Waals surface area contributed by atoms with Gasteiger partial charge in [-0.25, -0.2) is 4.98 Å². The van der Waals surface area contributed by atoms with Crippen LogP contribution in [0.15, 0.2) is 42.5 Å². The minimum Gasteiger partial charge on any atom is -0.481 e. The molecular formula is C20H21N3O2. The standard InChI is InChI=1S/C20H21N3O2/c1-14-5-4-8-19-21-17(11-20(24)25)18(23(14)19)13-22-10-9-15-6-2-3-7-16(15)12-22/h2-8H,9-13H2,1H3,(H,24,25). The maximum atomic E-state index is 11.3. The molecule has 3 aromatic rings. The van der Waals surface area contributed by atoms with Gasteiger partial charge in [-0.2, -0.15) is 0 Å². The lowest BCUT2D eigenvalue weighted by molar-refractivity contribution is -0.136. The minimum absolute atomic E-state index is 0.0408. The maximum absolute atomic E-state index is 11.3. The van der Waals surface area contributed by atoms with Gasteiger partial charge in [0.25, 0.3) is 0 Å². The van der Waals surface area contributed by atoms with Crippen LogP contribution in [0.1, 0.15) is 28.2 Å². The van der Waals surface area contributed by atoms with Crippen molar-refractivity contribution in [2.24, 2.45) is 0 Å². The van der Waals surface area contributed by atoms with E-state index in [1.54, 1.807) is 0 Å². The summed E-state index contributed by atoms with van der Waals surface area (Å²) in [6.45, 7) is 4.61. The average Bonchev–Trinajstić information content (AvgIpc) is 2.92. The molecule has 0 spiro atoms. The molecule has 0 saturated carbocycles. The van der Waals surface area contributed by atoms with Crippen molar-refractivity contribution < 1.29 is 9.90 Å². The van der Waals surface area contributed by atoms with Crippen LogP contribution in [0.2, 0.25) is 0 Å². The number of carbonyl (C=O) groups is 1. The number of aryl methyl sites for hydroxylation is 1. The van der Waals surface area contributed by atoms with Gasteiger partial charge in [-0.05, 0) is 36.6 Å². The third kappa shape index (κ3) is 3.03. The van der Waals surface area contributed by atoms with Crippen molar-refractivity contribution in [1.29, 1.82) is 0 Å². The molecule has 1 aliphatic heterocycles. The Balaban J connectivity index is 1.70. The Labute approximate surface area is 146 Å². The Morgan fingerprint density at radius 1 is 1.16 bits per heavy atom. The average molecular weight is 335 g/mol. The molecule has 3 heterocycles. The van der Waals surface area contributed by atoms with Crippen molar-refractivity contribution in [2.45, 2.75) is 32.9 Å². The van der Waals surface area contributed by atoms with Gasteiger partial charge in [0.15, 0.2) is 0 Å². The summed E-state index contributed by atoms with van der Waals surface area (Å²) in [6.07, 6.45) is 0.987. The summed E-state index contributed by atoms with van der Waals surface area (Å²) in [7, 11) is 0. The first kappa shape index (κ1) is 15.8. The molecule has 0 atom stereocenters. The van der Waals surface area contributed by atoms with Crippen LogP contribution < -0.4 is 0 Å². The largest absolute Gasteiger partial charge is 0.481 e. The third-order valence-electron chi connectivity index (χ3n) is 4.92. The molecule has 0 radical (unpaired) electrons. The first-order valence-corrected chi connectivity index (χ1v) is 8.58. The van der Waals surface area contributed by atoms with Crippen molar-refractivity contribution in [2.75, 3.05) is 6.54 Å². The summed E-state index contributed by atoms with van der Waals surface area (Å²) in [5.74, 6) is -0.841. The van der Waals surface area contributed by atoms with E-state index in [9.17, 15) is 9.90 Å². The molecular weight excluding hydrogens is 314 g/mol. The van der Waals surface area contributed by atoms with Crippen LogP contribution in [0.4, 0.5) is 0 Å². The van der Waals surface area contributed by atoms with Crippen LogP contribution in [-0.4, -0.2) is 31.9 Å². The molecule has 5 nitrogen and oxygen atoms in total. The molecule has 1 aromatic carbocycles. The molecule has 0 unspecified atom stereocenters. The van der Waals surface area contributed by atoms with E-state index in [0.29, 0.717) is 12.2 Å². The first-order valence-electron chi connectivity index (χ1n) is 8.58. The van der Waals surface area contributed by atoms with E-state index in [4.69, 9.17) is 0 Å². The highest BCUT2D eigenvalue weighted by molar-refractivity contribution is 5.70. The van der Waals surface area contributed by atoms with E-state index in [0.717, 1.165) is 36.5 Å². The Bertz CT molecular complexity index is 945. The summed E-state index contributed by atoms with van der Waals surface area (Å²) in [5.41, 5.74) is 6.34. The summed E-state index contributed by atoms with van der Waals surface area (Å²) < 4.78 is 2.10. The number of rotatable bonds is 4. The van der Waals surface area contributed by atoms with Crippen LogP contribution in [0.25, 0.3) is 5.65 Å². The van der Waals surface area contributed by atoms with E-state index in [-0.39, 0.29) is 6.42 Å². The Hall–Kier alpha value is -2.66. The van der Waals surface area contributed by atoms with Gasteiger partial charge in [0.1, 0.15) is 5.65 Å². The first-order chi connectivity index (χ1) is 12.1. The topological polar surface area (TPSA) is 57.8 Å². The monoisotopic (exact) mass is 335 g/mol. The summed E-state index contributed by atoms with van der Waals surface area (Å²) in [6, 6.07) is 14.5. The quantitative estimate of drug-likeness (QED) is 0.796. The van der Waals surface area contributed by atoms with Crippen molar-refractivity contribution in [3.05, 3.63) is 70.7 Å². The number of nitrogens with zero attached hydrogens (tertiary/aromatic N) is 3.